The molecule has 1 atom stereocenters. The van der Waals surface area contributed by atoms with E-state index in [-0.39, 0.29) is 6.04 Å². The van der Waals surface area contributed by atoms with Gasteiger partial charge in [-0.05, 0) is 39.4 Å². The van der Waals surface area contributed by atoms with Gasteiger partial charge in [0.1, 0.15) is 6.04 Å². The zero-order valence-electron chi connectivity index (χ0n) is 9.20. The summed E-state index contributed by atoms with van der Waals surface area (Å²) < 4.78 is 0. The normalized spacial score (nSPS) is 13.1. The molecule has 0 aliphatic rings. The van der Waals surface area contributed by atoms with Gasteiger partial charge >= 0.3 is 5.97 Å². The minimum atomic E-state index is -0.724. The Morgan fingerprint density at radius 3 is 2.57 bits per heavy atom. The molecule has 0 heterocycles. The van der Waals surface area contributed by atoms with E-state index in [0.29, 0.717) is 13.0 Å². The molecule has 4 heteroatoms. The van der Waals surface area contributed by atoms with Crippen molar-refractivity contribution < 1.29 is 9.90 Å². The number of carbonyl (C=O) groups is 1. The maximum atomic E-state index is 10.9. The first kappa shape index (κ1) is 13.4. The van der Waals surface area contributed by atoms with Crippen molar-refractivity contribution in [1.29, 1.82) is 0 Å². The molecule has 0 radical (unpaired) electrons. The fourth-order valence-electron chi connectivity index (χ4n) is 1.52. The van der Waals surface area contributed by atoms with Crippen LogP contribution in [0.5, 0.6) is 0 Å². The zero-order valence-corrected chi connectivity index (χ0v) is 9.20. The van der Waals surface area contributed by atoms with Crippen LogP contribution in [0.1, 0.15) is 32.6 Å². The van der Waals surface area contributed by atoms with Gasteiger partial charge in [0, 0.05) is 0 Å². The maximum Gasteiger partial charge on any atom is 0.320 e. The molecule has 3 N–H and O–H groups in total. The van der Waals surface area contributed by atoms with Crippen molar-refractivity contribution >= 4 is 5.97 Å². The molecule has 0 spiro atoms. The molecule has 0 fully saturated rings. The van der Waals surface area contributed by atoms with Gasteiger partial charge in [0.2, 0.25) is 0 Å². The summed E-state index contributed by atoms with van der Waals surface area (Å²) in [7, 11) is 1.87. The van der Waals surface area contributed by atoms with E-state index in [1.807, 2.05) is 11.9 Å². The van der Waals surface area contributed by atoms with E-state index in [2.05, 4.69) is 6.92 Å². The third-order valence-electron chi connectivity index (χ3n) is 2.33. The van der Waals surface area contributed by atoms with Gasteiger partial charge in [0.25, 0.3) is 0 Å². The lowest BCUT2D eigenvalue weighted by Crippen LogP contribution is -2.38. The van der Waals surface area contributed by atoms with Gasteiger partial charge in [-0.3, -0.25) is 9.69 Å². The molecule has 0 aromatic carbocycles. The molecule has 0 aromatic rings. The first-order valence-corrected chi connectivity index (χ1v) is 5.26. The predicted octanol–water partition coefficient (Wildman–Crippen LogP) is 0.910. The summed E-state index contributed by atoms with van der Waals surface area (Å²) in [5.74, 6) is -0.724. The predicted molar refractivity (Wildman–Crippen MR) is 57.3 cm³/mol. The third kappa shape index (κ3) is 5.19. The number of unbranched alkanes of at least 4 members (excludes halogenated alkanes) is 1. The minimum Gasteiger partial charge on any atom is -0.480 e. The molecule has 0 saturated carbocycles. The van der Waals surface area contributed by atoms with Gasteiger partial charge in [0.15, 0.2) is 0 Å². The molecular weight excluding hydrogens is 180 g/mol. The van der Waals surface area contributed by atoms with Crippen LogP contribution in [0.3, 0.4) is 0 Å². The second kappa shape index (κ2) is 7.76. The van der Waals surface area contributed by atoms with E-state index in [9.17, 15) is 4.79 Å². The molecule has 0 aliphatic heterocycles. The highest BCUT2D eigenvalue weighted by molar-refractivity contribution is 5.73. The van der Waals surface area contributed by atoms with Crippen LogP contribution in [0.25, 0.3) is 0 Å². The number of aliphatic carboxylic acids is 1. The first-order valence-electron chi connectivity index (χ1n) is 5.26. The highest BCUT2D eigenvalue weighted by Gasteiger charge is 2.20. The summed E-state index contributed by atoms with van der Waals surface area (Å²) in [4.78, 5) is 12.8. The Morgan fingerprint density at radius 2 is 2.14 bits per heavy atom. The molecule has 4 nitrogen and oxygen atoms in total. The van der Waals surface area contributed by atoms with Gasteiger partial charge in [-0.2, -0.15) is 0 Å². The van der Waals surface area contributed by atoms with Crippen molar-refractivity contribution in [3.63, 3.8) is 0 Å². The second-order valence-electron chi connectivity index (χ2n) is 3.62. The lowest BCUT2D eigenvalue weighted by Gasteiger charge is -2.23. The summed E-state index contributed by atoms with van der Waals surface area (Å²) >= 11 is 0. The maximum absolute atomic E-state index is 10.9. The standard InChI is InChI=1S/C10H22N2O2/c1-3-8-12(2)9(10(13)14)6-4-5-7-11/h9H,3-8,11H2,1-2H3,(H,13,14). The van der Waals surface area contributed by atoms with Crippen LogP contribution in [-0.4, -0.2) is 42.2 Å². The Morgan fingerprint density at radius 1 is 1.50 bits per heavy atom. The van der Waals surface area contributed by atoms with Crippen molar-refractivity contribution in [2.75, 3.05) is 20.1 Å². The first-order chi connectivity index (χ1) is 6.63. The number of carboxylic acid groups (broad SMARTS) is 1. The highest BCUT2D eigenvalue weighted by atomic mass is 16.4. The Balaban J connectivity index is 3.94. The number of rotatable bonds is 8. The molecule has 1 unspecified atom stereocenters. The fourth-order valence-corrected chi connectivity index (χ4v) is 1.52. The van der Waals surface area contributed by atoms with Crippen molar-refractivity contribution in [3.8, 4) is 0 Å². The number of carboxylic acids is 1. The van der Waals surface area contributed by atoms with Crippen molar-refractivity contribution in [2.45, 2.75) is 38.6 Å². The van der Waals surface area contributed by atoms with Gasteiger partial charge in [-0.15, -0.1) is 0 Å². The van der Waals surface area contributed by atoms with Crippen LogP contribution < -0.4 is 5.73 Å². The number of nitrogens with two attached hydrogens (primary N) is 1. The fraction of sp³-hybridized carbons (Fsp3) is 0.900. The highest BCUT2D eigenvalue weighted by Crippen LogP contribution is 2.07. The van der Waals surface area contributed by atoms with Crippen molar-refractivity contribution in [2.24, 2.45) is 5.73 Å². The largest absolute Gasteiger partial charge is 0.480 e. The number of hydrogen-bond acceptors (Lipinski definition) is 3. The monoisotopic (exact) mass is 202 g/mol. The summed E-state index contributed by atoms with van der Waals surface area (Å²) in [5, 5.41) is 9.00. The van der Waals surface area contributed by atoms with Crippen LogP contribution in [-0.2, 0) is 4.79 Å². The third-order valence-corrected chi connectivity index (χ3v) is 2.33. The van der Waals surface area contributed by atoms with Gasteiger partial charge in [-0.25, -0.2) is 0 Å². The summed E-state index contributed by atoms with van der Waals surface area (Å²) in [6.45, 7) is 3.53. The molecule has 0 amide bonds. The second-order valence-corrected chi connectivity index (χ2v) is 3.62. The van der Waals surface area contributed by atoms with Crippen LogP contribution in [0, 0.1) is 0 Å². The minimum absolute atomic E-state index is 0.346. The smallest absolute Gasteiger partial charge is 0.320 e. The Hall–Kier alpha value is -0.610. The molecule has 14 heavy (non-hydrogen) atoms. The molecule has 84 valence electrons. The van der Waals surface area contributed by atoms with E-state index >= 15 is 0 Å². The zero-order chi connectivity index (χ0) is 11.0. The van der Waals surface area contributed by atoms with Crippen molar-refractivity contribution in [3.05, 3.63) is 0 Å². The van der Waals surface area contributed by atoms with E-state index < -0.39 is 5.97 Å². The summed E-state index contributed by atoms with van der Waals surface area (Å²) in [6, 6.07) is -0.346. The molecule has 0 saturated heterocycles. The lowest BCUT2D eigenvalue weighted by molar-refractivity contribution is -0.143. The van der Waals surface area contributed by atoms with Crippen molar-refractivity contribution in [1.82, 2.24) is 4.90 Å². The summed E-state index contributed by atoms with van der Waals surface area (Å²) in [5.41, 5.74) is 5.36. The van der Waals surface area contributed by atoms with Gasteiger partial charge in [-0.1, -0.05) is 13.3 Å². The Labute approximate surface area is 86.1 Å². The average molecular weight is 202 g/mol. The van der Waals surface area contributed by atoms with Crippen LogP contribution in [0.2, 0.25) is 0 Å². The van der Waals surface area contributed by atoms with E-state index in [1.54, 1.807) is 0 Å². The van der Waals surface area contributed by atoms with E-state index in [1.165, 1.54) is 0 Å². The molecule has 0 rings (SSSR count). The number of hydrogen-bond donors (Lipinski definition) is 2. The average Bonchev–Trinajstić information content (AvgIpc) is 2.12. The van der Waals surface area contributed by atoms with E-state index in [0.717, 1.165) is 25.8 Å². The molecule has 0 bridgehead atoms. The molecule has 0 aliphatic carbocycles. The summed E-state index contributed by atoms with van der Waals surface area (Å²) in [6.07, 6.45) is 3.48. The van der Waals surface area contributed by atoms with Crippen LogP contribution in [0.15, 0.2) is 0 Å². The van der Waals surface area contributed by atoms with Gasteiger partial charge in [0.05, 0.1) is 0 Å². The molecular formula is C10H22N2O2. The Kier molecular flexibility index (Phi) is 7.42. The number of nitrogens with zero attached hydrogens (tertiary/aromatic N) is 1. The number of likely N-dealkylation sites (N-methyl/N-ethyl adjacent to an activating group) is 1. The van der Waals surface area contributed by atoms with Crippen LogP contribution >= 0.6 is 0 Å². The van der Waals surface area contributed by atoms with Gasteiger partial charge < -0.3 is 10.8 Å². The quantitative estimate of drug-likeness (QED) is 0.574. The molecule has 0 aromatic heterocycles. The van der Waals surface area contributed by atoms with Crippen LogP contribution in [0.4, 0.5) is 0 Å². The topological polar surface area (TPSA) is 66.6 Å². The van der Waals surface area contributed by atoms with E-state index in [4.69, 9.17) is 10.8 Å². The lowest BCUT2D eigenvalue weighted by atomic mass is 10.1. The Bertz CT molecular complexity index is 162. The SMILES string of the molecule is CCCN(C)C(CCCCN)C(=O)O.